The van der Waals surface area contributed by atoms with Crippen LogP contribution in [0.15, 0.2) is 11.8 Å². The topological polar surface area (TPSA) is 38.7 Å². The van der Waals surface area contributed by atoms with E-state index in [9.17, 15) is 5.11 Å². The molecule has 2 aliphatic heterocycles. The first-order valence-corrected chi connectivity index (χ1v) is 4.44. The van der Waals surface area contributed by atoms with Gasteiger partial charge in [-0.25, -0.2) is 0 Å². The molecule has 0 radical (unpaired) electrons. The van der Waals surface area contributed by atoms with E-state index in [-0.39, 0.29) is 12.0 Å². The van der Waals surface area contributed by atoms with Crippen molar-refractivity contribution in [3.63, 3.8) is 0 Å². The molecule has 2 atom stereocenters. The zero-order valence-corrected chi connectivity index (χ0v) is 7.03. The Morgan fingerprint density at radius 2 is 2.33 bits per heavy atom. The molecule has 12 heavy (non-hydrogen) atoms. The van der Waals surface area contributed by atoms with Gasteiger partial charge in [0, 0.05) is 5.92 Å². The first kappa shape index (κ1) is 8.08. The quantitative estimate of drug-likeness (QED) is 0.629. The molecule has 68 valence electrons. The Kier molecular flexibility index (Phi) is 2.33. The number of aliphatic hydroxyl groups is 1. The fraction of sp³-hybridized carbons (Fsp3) is 0.778. The van der Waals surface area contributed by atoms with Crippen LogP contribution < -0.4 is 0 Å². The Hall–Kier alpha value is -0.540. The van der Waals surface area contributed by atoms with Crippen molar-refractivity contribution in [3.8, 4) is 0 Å². The molecule has 0 saturated carbocycles. The molecule has 0 bridgehead atoms. The van der Waals surface area contributed by atoms with E-state index in [2.05, 4.69) is 0 Å². The summed E-state index contributed by atoms with van der Waals surface area (Å²) in [6, 6.07) is 0. The molecule has 1 fully saturated rings. The molecule has 0 aliphatic carbocycles. The van der Waals surface area contributed by atoms with Crippen molar-refractivity contribution >= 4 is 0 Å². The fourth-order valence-electron chi connectivity index (χ4n) is 1.75. The summed E-state index contributed by atoms with van der Waals surface area (Å²) in [5.41, 5.74) is 1.21. The molecule has 0 spiro atoms. The van der Waals surface area contributed by atoms with E-state index in [1.807, 2.05) is 0 Å². The fourth-order valence-corrected chi connectivity index (χ4v) is 1.75. The Balaban J connectivity index is 2.02. The summed E-state index contributed by atoms with van der Waals surface area (Å²) in [5.74, 6) is 0.185. The van der Waals surface area contributed by atoms with Crippen LogP contribution in [0.4, 0.5) is 0 Å². The number of ether oxygens (including phenoxy) is 2. The van der Waals surface area contributed by atoms with Crippen LogP contribution in [-0.4, -0.2) is 31.0 Å². The van der Waals surface area contributed by atoms with Crippen LogP contribution in [0.5, 0.6) is 0 Å². The van der Waals surface area contributed by atoms with Crippen LogP contribution in [0, 0.1) is 5.92 Å². The van der Waals surface area contributed by atoms with Gasteiger partial charge in [-0.05, 0) is 18.4 Å². The minimum Gasteiger partial charge on any atom is -0.501 e. The van der Waals surface area contributed by atoms with E-state index in [0.717, 1.165) is 19.4 Å². The van der Waals surface area contributed by atoms with Gasteiger partial charge in [0.25, 0.3) is 0 Å². The Morgan fingerprint density at radius 1 is 1.42 bits per heavy atom. The number of rotatable bonds is 1. The third-order valence-corrected chi connectivity index (χ3v) is 2.49. The standard InChI is InChI=1S/C9H14O3/c10-9-6-12-5-8(9)7-2-1-3-11-4-7/h4,8-10H,1-3,5-6H2/t8-,9+/m0/s1. The lowest BCUT2D eigenvalue weighted by atomic mass is 9.93. The second-order valence-electron chi connectivity index (χ2n) is 3.38. The monoisotopic (exact) mass is 170 g/mol. The second kappa shape index (κ2) is 3.46. The van der Waals surface area contributed by atoms with E-state index in [0.29, 0.717) is 13.2 Å². The van der Waals surface area contributed by atoms with Gasteiger partial charge in [0.1, 0.15) is 0 Å². The third-order valence-electron chi connectivity index (χ3n) is 2.49. The van der Waals surface area contributed by atoms with Gasteiger partial charge in [-0.2, -0.15) is 0 Å². The summed E-state index contributed by atoms with van der Waals surface area (Å²) >= 11 is 0. The maximum Gasteiger partial charge on any atom is 0.0876 e. The van der Waals surface area contributed by atoms with Crippen molar-refractivity contribution in [3.05, 3.63) is 11.8 Å². The summed E-state index contributed by atoms with van der Waals surface area (Å²) in [7, 11) is 0. The smallest absolute Gasteiger partial charge is 0.0876 e. The normalized spacial score (nSPS) is 35.9. The van der Waals surface area contributed by atoms with Crippen LogP contribution in [0.1, 0.15) is 12.8 Å². The van der Waals surface area contributed by atoms with Gasteiger partial charge in [-0.15, -0.1) is 0 Å². The lowest BCUT2D eigenvalue weighted by Gasteiger charge is -2.20. The molecular weight excluding hydrogens is 156 g/mol. The predicted octanol–water partition coefficient (Wildman–Crippen LogP) is 0.688. The van der Waals surface area contributed by atoms with Crippen LogP contribution >= 0.6 is 0 Å². The summed E-state index contributed by atoms with van der Waals surface area (Å²) in [6.45, 7) is 1.94. The number of hydrogen-bond donors (Lipinski definition) is 1. The molecule has 3 heteroatoms. The first-order chi connectivity index (χ1) is 5.88. The zero-order valence-electron chi connectivity index (χ0n) is 7.03. The van der Waals surface area contributed by atoms with Gasteiger partial charge in [0.15, 0.2) is 0 Å². The molecular formula is C9H14O3. The number of hydrogen-bond acceptors (Lipinski definition) is 3. The average Bonchev–Trinajstić information content (AvgIpc) is 2.53. The van der Waals surface area contributed by atoms with E-state index in [4.69, 9.17) is 9.47 Å². The largest absolute Gasteiger partial charge is 0.501 e. The molecule has 2 heterocycles. The van der Waals surface area contributed by atoms with Crippen molar-refractivity contribution in [1.29, 1.82) is 0 Å². The van der Waals surface area contributed by atoms with Crippen LogP contribution in [0.3, 0.4) is 0 Å². The Bertz CT molecular complexity index is 188. The second-order valence-corrected chi connectivity index (χ2v) is 3.38. The SMILES string of the molecule is O[C@@H]1COC[C@H]1C1=COCCC1. The molecule has 2 rings (SSSR count). The van der Waals surface area contributed by atoms with Gasteiger partial charge in [-0.3, -0.25) is 0 Å². The maximum atomic E-state index is 9.52. The lowest BCUT2D eigenvalue weighted by Crippen LogP contribution is -2.21. The third kappa shape index (κ3) is 1.47. The molecule has 0 unspecified atom stereocenters. The Morgan fingerprint density at radius 3 is 2.92 bits per heavy atom. The van der Waals surface area contributed by atoms with Crippen molar-refractivity contribution in [2.75, 3.05) is 19.8 Å². The van der Waals surface area contributed by atoms with Crippen molar-refractivity contribution in [1.82, 2.24) is 0 Å². The van der Waals surface area contributed by atoms with E-state index >= 15 is 0 Å². The van der Waals surface area contributed by atoms with E-state index in [1.54, 1.807) is 6.26 Å². The Labute approximate surface area is 72.0 Å². The summed E-state index contributed by atoms with van der Waals surface area (Å²) in [5, 5.41) is 9.52. The van der Waals surface area contributed by atoms with Crippen LogP contribution in [0.2, 0.25) is 0 Å². The van der Waals surface area contributed by atoms with E-state index in [1.165, 1.54) is 5.57 Å². The molecule has 0 aromatic heterocycles. The van der Waals surface area contributed by atoms with Crippen molar-refractivity contribution < 1.29 is 14.6 Å². The zero-order chi connectivity index (χ0) is 8.39. The van der Waals surface area contributed by atoms with Gasteiger partial charge in [0.2, 0.25) is 0 Å². The first-order valence-electron chi connectivity index (χ1n) is 4.44. The van der Waals surface area contributed by atoms with E-state index < -0.39 is 0 Å². The highest BCUT2D eigenvalue weighted by molar-refractivity contribution is 5.09. The van der Waals surface area contributed by atoms with Gasteiger partial charge in [-0.1, -0.05) is 0 Å². The minimum absolute atomic E-state index is 0.185. The molecule has 0 amide bonds. The molecule has 0 aromatic carbocycles. The minimum atomic E-state index is -0.321. The summed E-state index contributed by atoms with van der Waals surface area (Å²) in [4.78, 5) is 0. The number of aliphatic hydroxyl groups excluding tert-OH is 1. The molecule has 2 aliphatic rings. The lowest BCUT2D eigenvalue weighted by molar-refractivity contribution is 0.120. The maximum absolute atomic E-state index is 9.52. The molecule has 3 nitrogen and oxygen atoms in total. The van der Waals surface area contributed by atoms with Gasteiger partial charge >= 0.3 is 0 Å². The highest BCUT2D eigenvalue weighted by atomic mass is 16.5. The van der Waals surface area contributed by atoms with Gasteiger partial charge < -0.3 is 14.6 Å². The van der Waals surface area contributed by atoms with Crippen LogP contribution in [-0.2, 0) is 9.47 Å². The summed E-state index contributed by atoms with van der Waals surface area (Å²) in [6.07, 6.45) is 3.59. The highest BCUT2D eigenvalue weighted by Gasteiger charge is 2.30. The molecule has 0 aromatic rings. The van der Waals surface area contributed by atoms with Gasteiger partial charge in [0.05, 0.1) is 32.2 Å². The molecule has 1 saturated heterocycles. The van der Waals surface area contributed by atoms with Crippen molar-refractivity contribution in [2.24, 2.45) is 5.92 Å². The van der Waals surface area contributed by atoms with Crippen LogP contribution in [0.25, 0.3) is 0 Å². The van der Waals surface area contributed by atoms with Crippen molar-refractivity contribution in [2.45, 2.75) is 18.9 Å². The highest BCUT2D eigenvalue weighted by Crippen LogP contribution is 2.27. The predicted molar refractivity (Wildman–Crippen MR) is 43.6 cm³/mol. The molecule has 1 N–H and O–H groups in total. The average molecular weight is 170 g/mol. The summed E-state index contributed by atoms with van der Waals surface area (Å²) < 4.78 is 10.4.